The van der Waals surface area contributed by atoms with Crippen LogP contribution in [0.3, 0.4) is 0 Å². The number of hydrogen-bond donors (Lipinski definition) is 2. The number of alkyl halides is 3. The minimum Gasteiger partial charge on any atom is -0.370 e. The summed E-state index contributed by atoms with van der Waals surface area (Å²) in [4.78, 5) is 7.10. The molecule has 0 radical (unpaired) electrons. The molecular formula is C14H21F3N4. The Bertz CT molecular complexity index is 482. The predicted octanol–water partition coefficient (Wildman–Crippen LogP) is 3.92. The Morgan fingerprint density at radius 1 is 1.14 bits per heavy atom. The van der Waals surface area contributed by atoms with Crippen molar-refractivity contribution >= 4 is 11.6 Å². The molecule has 0 saturated heterocycles. The van der Waals surface area contributed by atoms with Crippen LogP contribution in [0, 0.1) is 5.41 Å². The Morgan fingerprint density at radius 3 is 2.24 bits per heavy atom. The lowest BCUT2D eigenvalue weighted by molar-refractivity contribution is -0.144. The molecule has 0 unspecified atom stereocenters. The predicted molar refractivity (Wildman–Crippen MR) is 76.3 cm³/mol. The fourth-order valence-electron chi connectivity index (χ4n) is 2.65. The summed E-state index contributed by atoms with van der Waals surface area (Å²) in [5.41, 5.74) is 0.141. The highest BCUT2D eigenvalue weighted by Gasteiger charge is 2.36. The zero-order chi connectivity index (χ0) is 15.5. The van der Waals surface area contributed by atoms with Crippen molar-refractivity contribution in [3.63, 3.8) is 0 Å². The van der Waals surface area contributed by atoms with Crippen LogP contribution in [-0.4, -0.2) is 23.1 Å². The summed E-state index contributed by atoms with van der Waals surface area (Å²) in [5, 5.41) is 5.85. The summed E-state index contributed by atoms with van der Waals surface area (Å²) >= 11 is 0. The van der Waals surface area contributed by atoms with Gasteiger partial charge in [-0.1, -0.05) is 19.8 Å². The topological polar surface area (TPSA) is 49.8 Å². The molecule has 0 aliphatic heterocycles. The van der Waals surface area contributed by atoms with Gasteiger partial charge in [-0.2, -0.15) is 13.2 Å². The molecule has 118 valence electrons. The van der Waals surface area contributed by atoms with Crippen molar-refractivity contribution in [3.8, 4) is 0 Å². The van der Waals surface area contributed by atoms with Crippen molar-refractivity contribution in [1.82, 2.24) is 9.97 Å². The average Bonchev–Trinajstić information content (AvgIpc) is 2.83. The Hall–Kier alpha value is -1.53. The van der Waals surface area contributed by atoms with E-state index in [4.69, 9.17) is 0 Å². The third-order valence-electron chi connectivity index (χ3n) is 3.84. The third kappa shape index (κ3) is 4.22. The van der Waals surface area contributed by atoms with Gasteiger partial charge in [0.15, 0.2) is 0 Å². The molecule has 1 aromatic rings. The van der Waals surface area contributed by atoms with Crippen LogP contribution in [0.25, 0.3) is 0 Å². The van der Waals surface area contributed by atoms with Crippen LogP contribution in [0.2, 0.25) is 0 Å². The lowest BCUT2D eigenvalue weighted by Crippen LogP contribution is -2.24. The van der Waals surface area contributed by atoms with Crippen molar-refractivity contribution in [2.45, 2.75) is 45.7 Å². The van der Waals surface area contributed by atoms with Crippen LogP contribution in [0.5, 0.6) is 0 Å². The van der Waals surface area contributed by atoms with Crippen LogP contribution in [-0.2, 0) is 6.18 Å². The van der Waals surface area contributed by atoms with E-state index < -0.39 is 12.0 Å². The number of nitrogens with zero attached hydrogens (tertiary/aromatic N) is 2. The molecule has 21 heavy (non-hydrogen) atoms. The van der Waals surface area contributed by atoms with E-state index in [1.807, 2.05) is 6.92 Å². The van der Waals surface area contributed by atoms with E-state index in [-0.39, 0.29) is 17.1 Å². The molecule has 1 saturated carbocycles. The van der Waals surface area contributed by atoms with Gasteiger partial charge in [-0.15, -0.1) is 0 Å². The highest BCUT2D eigenvalue weighted by molar-refractivity contribution is 5.48. The third-order valence-corrected chi connectivity index (χ3v) is 3.84. The first-order valence-electron chi connectivity index (χ1n) is 7.26. The number of hydrogen-bond acceptors (Lipinski definition) is 4. The van der Waals surface area contributed by atoms with Crippen LogP contribution in [0.4, 0.5) is 24.8 Å². The minimum atomic E-state index is -4.54. The molecule has 1 aliphatic rings. The molecule has 1 fully saturated rings. The van der Waals surface area contributed by atoms with Gasteiger partial charge in [0, 0.05) is 19.2 Å². The van der Waals surface area contributed by atoms with Crippen molar-refractivity contribution in [2.75, 3.05) is 23.7 Å². The first kappa shape index (κ1) is 15.9. The first-order valence-corrected chi connectivity index (χ1v) is 7.26. The Labute approximate surface area is 122 Å². The smallest absolute Gasteiger partial charge is 0.370 e. The molecular weight excluding hydrogens is 281 g/mol. The normalized spacial score (nSPS) is 17.8. The van der Waals surface area contributed by atoms with Crippen LogP contribution >= 0.6 is 0 Å². The molecule has 1 aliphatic carbocycles. The molecule has 0 amide bonds. The molecule has 2 rings (SSSR count). The van der Waals surface area contributed by atoms with E-state index in [0.717, 1.165) is 12.8 Å². The lowest BCUT2D eigenvalue weighted by atomic mass is 9.89. The van der Waals surface area contributed by atoms with E-state index in [1.54, 1.807) is 0 Å². The molecule has 1 heterocycles. The van der Waals surface area contributed by atoms with Gasteiger partial charge in [-0.05, 0) is 25.2 Å². The number of rotatable bonds is 5. The second-order valence-corrected chi connectivity index (χ2v) is 5.86. The molecule has 4 nitrogen and oxygen atoms in total. The lowest BCUT2D eigenvalue weighted by Gasteiger charge is -2.24. The largest absolute Gasteiger partial charge is 0.451 e. The van der Waals surface area contributed by atoms with Crippen molar-refractivity contribution in [2.24, 2.45) is 5.41 Å². The fourth-order valence-corrected chi connectivity index (χ4v) is 2.65. The van der Waals surface area contributed by atoms with Gasteiger partial charge in [-0.25, -0.2) is 9.97 Å². The summed E-state index contributed by atoms with van der Waals surface area (Å²) in [5.74, 6) is -0.694. The van der Waals surface area contributed by atoms with Gasteiger partial charge in [0.1, 0.15) is 11.6 Å². The zero-order valence-corrected chi connectivity index (χ0v) is 12.3. The van der Waals surface area contributed by atoms with Gasteiger partial charge >= 0.3 is 6.18 Å². The minimum absolute atomic E-state index is 0.141. The van der Waals surface area contributed by atoms with Gasteiger partial charge in [0.05, 0.1) is 0 Å². The number of aromatic nitrogens is 2. The van der Waals surface area contributed by atoms with Crippen LogP contribution in [0.15, 0.2) is 6.07 Å². The molecule has 7 heteroatoms. The second kappa shape index (κ2) is 6.07. The monoisotopic (exact) mass is 302 g/mol. The Balaban J connectivity index is 2.15. The summed E-state index contributed by atoms with van der Waals surface area (Å²) in [7, 11) is 0. The standard InChI is InChI=1S/C14H21F3N4/c1-3-18-10-8-11(21-12(20-10)14(15,16)17)19-9-13(2)6-4-5-7-13/h8H,3-7,9H2,1-2H3,(H2,18,19,20,21). The van der Waals surface area contributed by atoms with Gasteiger partial charge < -0.3 is 10.6 Å². The maximum atomic E-state index is 12.8. The molecule has 0 bridgehead atoms. The number of nitrogens with one attached hydrogen (secondary N) is 2. The van der Waals surface area contributed by atoms with Crippen molar-refractivity contribution in [3.05, 3.63) is 11.9 Å². The molecule has 0 atom stereocenters. The molecule has 2 N–H and O–H groups in total. The molecule has 0 spiro atoms. The molecule has 0 aromatic carbocycles. The average molecular weight is 302 g/mol. The highest BCUT2D eigenvalue weighted by atomic mass is 19.4. The summed E-state index contributed by atoms with van der Waals surface area (Å²) in [6.45, 7) is 5.10. The Morgan fingerprint density at radius 2 is 1.71 bits per heavy atom. The highest BCUT2D eigenvalue weighted by Crippen LogP contribution is 2.37. The Kier molecular flexibility index (Phi) is 4.58. The number of halogens is 3. The first-order chi connectivity index (χ1) is 9.82. The zero-order valence-electron chi connectivity index (χ0n) is 12.3. The maximum Gasteiger partial charge on any atom is 0.451 e. The van der Waals surface area contributed by atoms with E-state index in [9.17, 15) is 13.2 Å². The van der Waals surface area contributed by atoms with Crippen molar-refractivity contribution in [1.29, 1.82) is 0 Å². The van der Waals surface area contributed by atoms with E-state index in [1.165, 1.54) is 18.9 Å². The maximum absolute atomic E-state index is 12.8. The quantitative estimate of drug-likeness (QED) is 0.865. The molecule has 1 aromatic heterocycles. The van der Waals surface area contributed by atoms with Gasteiger partial charge in [0.25, 0.3) is 0 Å². The van der Waals surface area contributed by atoms with Crippen LogP contribution in [0.1, 0.15) is 45.4 Å². The SMILES string of the molecule is CCNc1cc(NCC2(C)CCCC2)nc(C(F)(F)F)n1. The van der Waals surface area contributed by atoms with Gasteiger partial charge in [-0.3, -0.25) is 0 Å². The fraction of sp³-hybridized carbons (Fsp3) is 0.714. The van der Waals surface area contributed by atoms with E-state index >= 15 is 0 Å². The van der Waals surface area contributed by atoms with Crippen LogP contribution < -0.4 is 10.6 Å². The van der Waals surface area contributed by atoms with E-state index in [2.05, 4.69) is 27.5 Å². The van der Waals surface area contributed by atoms with Gasteiger partial charge in [0.2, 0.25) is 5.82 Å². The van der Waals surface area contributed by atoms with E-state index in [0.29, 0.717) is 13.1 Å². The second-order valence-electron chi connectivity index (χ2n) is 5.86. The summed E-state index contributed by atoms with van der Waals surface area (Å²) in [6, 6.07) is 1.52. The number of anilines is 2. The summed E-state index contributed by atoms with van der Waals surface area (Å²) < 4.78 is 38.5. The van der Waals surface area contributed by atoms with Crippen molar-refractivity contribution < 1.29 is 13.2 Å². The summed E-state index contributed by atoms with van der Waals surface area (Å²) in [6.07, 6.45) is 0.00443.